The number of hydrogen-bond donors (Lipinski definition) is 1. The first-order valence-corrected chi connectivity index (χ1v) is 5.41. The number of carbonyl (C=O) groups excluding carboxylic acids is 1. The third-order valence-corrected chi connectivity index (χ3v) is 3.06. The van der Waals surface area contributed by atoms with Gasteiger partial charge in [0.2, 0.25) is 5.88 Å². The van der Waals surface area contributed by atoms with E-state index in [-0.39, 0.29) is 11.7 Å². The summed E-state index contributed by atoms with van der Waals surface area (Å²) in [7, 11) is 1.57. The molecule has 1 aromatic rings. The van der Waals surface area contributed by atoms with E-state index in [4.69, 9.17) is 4.74 Å². The molecule has 0 amide bonds. The molecule has 4 nitrogen and oxygen atoms in total. The molecule has 0 saturated heterocycles. The maximum absolute atomic E-state index is 11.2. The van der Waals surface area contributed by atoms with Gasteiger partial charge in [-0.2, -0.15) is 0 Å². The van der Waals surface area contributed by atoms with Crippen molar-refractivity contribution in [1.29, 1.82) is 0 Å². The van der Waals surface area contributed by atoms with Crippen LogP contribution >= 0.6 is 0 Å². The van der Waals surface area contributed by atoms with Crippen LogP contribution in [0.2, 0.25) is 0 Å². The summed E-state index contributed by atoms with van der Waals surface area (Å²) >= 11 is 0. The molecule has 1 fully saturated rings. The molecular formula is C12H15NO3. The average molecular weight is 221 g/mol. The van der Waals surface area contributed by atoms with Crippen molar-refractivity contribution in [2.45, 2.75) is 31.3 Å². The predicted molar refractivity (Wildman–Crippen MR) is 58.4 cm³/mol. The van der Waals surface area contributed by atoms with Crippen LogP contribution in [0, 0.1) is 0 Å². The van der Waals surface area contributed by atoms with Crippen molar-refractivity contribution >= 4 is 5.78 Å². The summed E-state index contributed by atoms with van der Waals surface area (Å²) in [6.07, 6.45) is 2.71. The highest BCUT2D eigenvalue weighted by Crippen LogP contribution is 2.31. The second kappa shape index (κ2) is 4.61. The lowest BCUT2D eigenvalue weighted by molar-refractivity contribution is -0.129. The van der Waals surface area contributed by atoms with Crippen molar-refractivity contribution in [3.63, 3.8) is 0 Å². The zero-order valence-corrected chi connectivity index (χ0v) is 9.22. The van der Waals surface area contributed by atoms with Gasteiger partial charge in [0.05, 0.1) is 7.11 Å². The molecule has 16 heavy (non-hydrogen) atoms. The third kappa shape index (κ3) is 2.22. The number of methoxy groups -OCH3 is 1. The van der Waals surface area contributed by atoms with Gasteiger partial charge in [-0.3, -0.25) is 4.79 Å². The van der Waals surface area contributed by atoms with E-state index >= 15 is 0 Å². The van der Waals surface area contributed by atoms with E-state index in [0.717, 1.165) is 12.0 Å². The summed E-state index contributed by atoms with van der Waals surface area (Å²) in [5.41, 5.74) is 1.06. The molecule has 1 aliphatic rings. The lowest BCUT2D eigenvalue weighted by Gasteiger charge is -2.24. The molecule has 2 rings (SSSR count). The fourth-order valence-corrected chi connectivity index (χ4v) is 2.06. The summed E-state index contributed by atoms with van der Waals surface area (Å²) in [4.78, 5) is 15.3. The summed E-state index contributed by atoms with van der Waals surface area (Å²) in [5.74, 6) is 0.764. The van der Waals surface area contributed by atoms with Crippen LogP contribution in [0.1, 0.15) is 30.7 Å². The maximum atomic E-state index is 11.2. The second-order valence-electron chi connectivity index (χ2n) is 4.09. The van der Waals surface area contributed by atoms with Gasteiger partial charge in [0.1, 0.15) is 6.10 Å². The van der Waals surface area contributed by atoms with Crippen LogP contribution in [0.5, 0.6) is 5.88 Å². The Morgan fingerprint density at radius 2 is 2.31 bits per heavy atom. The molecule has 0 bridgehead atoms. The Bertz CT molecular complexity index is 374. The highest BCUT2D eigenvalue weighted by Gasteiger charge is 2.27. The SMILES string of the molecule is COc1ccc(C2CCC(=O)C(O)C2)cn1. The number of nitrogens with zero attached hydrogens (tertiary/aromatic N) is 1. The molecule has 4 heteroatoms. The highest BCUT2D eigenvalue weighted by atomic mass is 16.5. The fraction of sp³-hybridized carbons (Fsp3) is 0.500. The molecule has 2 unspecified atom stereocenters. The molecule has 1 saturated carbocycles. The van der Waals surface area contributed by atoms with Gasteiger partial charge in [0.25, 0.3) is 0 Å². The molecular weight excluding hydrogens is 206 g/mol. The molecule has 0 aromatic carbocycles. The number of hydrogen-bond acceptors (Lipinski definition) is 4. The standard InChI is InChI=1S/C12H15NO3/c1-16-12-5-3-9(7-13-12)8-2-4-10(14)11(15)6-8/h3,5,7-8,11,15H,2,4,6H2,1H3. The van der Waals surface area contributed by atoms with E-state index in [0.29, 0.717) is 18.7 Å². The van der Waals surface area contributed by atoms with Crippen LogP contribution in [0.4, 0.5) is 0 Å². The van der Waals surface area contributed by atoms with Crippen LogP contribution in [0.3, 0.4) is 0 Å². The Balaban J connectivity index is 2.09. The molecule has 1 heterocycles. The minimum absolute atomic E-state index is 0.0438. The van der Waals surface area contributed by atoms with E-state index in [9.17, 15) is 9.90 Å². The normalized spacial score (nSPS) is 25.5. The van der Waals surface area contributed by atoms with Crippen LogP contribution in [-0.2, 0) is 4.79 Å². The molecule has 1 aliphatic carbocycles. The minimum Gasteiger partial charge on any atom is -0.481 e. The van der Waals surface area contributed by atoms with E-state index in [2.05, 4.69) is 4.98 Å². The van der Waals surface area contributed by atoms with Crippen molar-refractivity contribution in [2.75, 3.05) is 7.11 Å². The second-order valence-corrected chi connectivity index (χ2v) is 4.09. The van der Waals surface area contributed by atoms with E-state index < -0.39 is 6.10 Å². The lowest BCUT2D eigenvalue weighted by atomic mass is 9.82. The average Bonchev–Trinajstić information content (AvgIpc) is 2.33. The van der Waals surface area contributed by atoms with Crippen molar-refractivity contribution < 1.29 is 14.6 Å². The smallest absolute Gasteiger partial charge is 0.212 e. The first-order valence-electron chi connectivity index (χ1n) is 5.41. The largest absolute Gasteiger partial charge is 0.481 e. The van der Waals surface area contributed by atoms with Crippen molar-refractivity contribution in [1.82, 2.24) is 4.98 Å². The Kier molecular flexibility index (Phi) is 3.19. The monoisotopic (exact) mass is 221 g/mol. The first kappa shape index (κ1) is 11.1. The molecule has 1 aromatic heterocycles. The number of ether oxygens (including phenoxy) is 1. The zero-order chi connectivity index (χ0) is 11.5. The molecule has 1 N–H and O–H groups in total. The number of rotatable bonds is 2. The fourth-order valence-electron chi connectivity index (χ4n) is 2.06. The Morgan fingerprint density at radius 3 is 2.88 bits per heavy atom. The zero-order valence-electron chi connectivity index (χ0n) is 9.22. The Morgan fingerprint density at radius 1 is 1.50 bits per heavy atom. The van der Waals surface area contributed by atoms with Gasteiger partial charge in [-0.1, -0.05) is 6.07 Å². The van der Waals surface area contributed by atoms with Gasteiger partial charge in [0, 0.05) is 18.7 Å². The summed E-state index contributed by atoms with van der Waals surface area (Å²) in [6, 6.07) is 3.75. The van der Waals surface area contributed by atoms with Gasteiger partial charge in [0.15, 0.2) is 5.78 Å². The van der Waals surface area contributed by atoms with Crippen molar-refractivity contribution in [3.05, 3.63) is 23.9 Å². The van der Waals surface area contributed by atoms with Crippen LogP contribution in [-0.4, -0.2) is 29.1 Å². The van der Waals surface area contributed by atoms with Gasteiger partial charge in [-0.25, -0.2) is 4.98 Å². The van der Waals surface area contributed by atoms with Gasteiger partial charge < -0.3 is 9.84 Å². The summed E-state index contributed by atoms with van der Waals surface area (Å²) < 4.78 is 4.98. The summed E-state index contributed by atoms with van der Waals surface area (Å²) in [6.45, 7) is 0. The van der Waals surface area contributed by atoms with E-state index in [1.165, 1.54) is 0 Å². The number of aliphatic hydroxyl groups excluding tert-OH is 1. The number of ketones is 1. The van der Waals surface area contributed by atoms with E-state index in [1.807, 2.05) is 6.07 Å². The molecule has 0 aliphatic heterocycles. The quantitative estimate of drug-likeness (QED) is 0.817. The first-order chi connectivity index (χ1) is 7.70. The molecule has 0 spiro atoms. The number of pyridine rings is 1. The predicted octanol–water partition coefficient (Wildman–Crippen LogP) is 1.29. The van der Waals surface area contributed by atoms with Crippen molar-refractivity contribution in [3.8, 4) is 5.88 Å². The lowest BCUT2D eigenvalue weighted by Crippen LogP contribution is -2.28. The third-order valence-electron chi connectivity index (χ3n) is 3.06. The Labute approximate surface area is 94.3 Å². The number of aromatic nitrogens is 1. The topological polar surface area (TPSA) is 59.4 Å². The van der Waals surface area contributed by atoms with Gasteiger partial charge >= 0.3 is 0 Å². The number of carbonyl (C=O) groups is 1. The van der Waals surface area contributed by atoms with Crippen LogP contribution in [0.15, 0.2) is 18.3 Å². The minimum atomic E-state index is -0.805. The number of Topliss-reactive ketones (excluding diaryl/α,β-unsaturated/α-hetero) is 1. The molecule has 0 radical (unpaired) electrons. The van der Waals surface area contributed by atoms with Crippen molar-refractivity contribution in [2.24, 2.45) is 0 Å². The maximum Gasteiger partial charge on any atom is 0.212 e. The van der Waals surface area contributed by atoms with E-state index in [1.54, 1.807) is 19.4 Å². The molecule has 86 valence electrons. The van der Waals surface area contributed by atoms with Crippen LogP contribution < -0.4 is 4.74 Å². The van der Waals surface area contributed by atoms with Crippen LogP contribution in [0.25, 0.3) is 0 Å². The van der Waals surface area contributed by atoms with Gasteiger partial charge in [-0.05, 0) is 24.3 Å². The molecule has 2 atom stereocenters. The summed E-state index contributed by atoms with van der Waals surface area (Å²) in [5, 5.41) is 9.52. The Hall–Kier alpha value is -1.42. The highest BCUT2D eigenvalue weighted by molar-refractivity contribution is 5.83. The van der Waals surface area contributed by atoms with Gasteiger partial charge in [-0.15, -0.1) is 0 Å². The number of aliphatic hydroxyl groups is 1.